The molecule has 1 heterocycles. The lowest BCUT2D eigenvalue weighted by Gasteiger charge is -2.10. The SMILES string of the molecule is Cc1c(C(=O)NCC2CCC(O)C2)oc2ccc(Cl)cc12. The van der Waals surface area contributed by atoms with Gasteiger partial charge in [-0.25, -0.2) is 0 Å². The number of amides is 1. The van der Waals surface area contributed by atoms with Crippen LogP contribution in [0.25, 0.3) is 11.0 Å². The van der Waals surface area contributed by atoms with Gasteiger partial charge in [-0.2, -0.15) is 0 Å². The number of furan rings is 1. The monoisotopic (exact) mass is 307 g/mol. The first-order valence-electron chi connectivity index (χ1n) is 7.19. The van der Waals surface area contributed by atoms with Crippen molar-refractivity contribution in [2.45, 2.75) is 32.3 Å². The van der Waals surface area contributed by atoms with Gasteiger partial charge in [0, 0.05) is 22.5 Å². The molecule has 0 radical (unpaired) electrons. The van der Waals surface area contributed by atoms with Gasteiger partial charge in [0.05, 0.1) is 6.10 Å². The highest BCUT2D eigenvalue weighted by Gasteiger charge is 2.24. The Morgan fingerprint density at radius 3 is 3.00 bits per heavy atom. The van der Waals surface area contributed by atoms with E-state index in [1.807, 2.05) is 6.92 Å². The standard InChI is InChI=1S/C16H18ClNO3/c1-9-13-7-11(17)3-5-14(13)21-15(9)16(20)18-8-10-2-4-12(19)6-10/h3,5,7,10,12,19H,2,4,6,8H2,1H3,(H,18,20). The summed E-state index contributed by atoms with van der Waals surface area (Å²) >= 11 is 5.97. The van der Waals surface area contributed by atoms with E-state index in [1.54, 1.807) is 18.2 Å². The van der Waals surface area contributed by atoms with Crippen LogP contribution in [0.2, 0.25) is 5.02 Å². The van der Waals surface area contributed by atoms with Crippen molar-refractivity contribution in [3.05, 3.63) is 34.5 Å². The Morgan fingerprint density at radius 2 is 2.29 bits per heavy atom. The van der Waals surface area contributed by atoms with E-state index in [2.05, 4.69) is 5.32 Å². The predicted octanol–water partition coefficient (Wildman–Crippen LogP) is 3.29. The number of carbonyl (C=O) groups excluding carboxylic acids is 1. The average molecular weight is 308 g/mol. The zero-order chi connectivity index (χ0) is 15.0. The van der Waals surface area contributed by atoms with Crippen molar-refractivity contribution in [3.63, 3.8) is 0 Å². The summed E-state index contributed by atoms with van der Waals surface area (Å²) in [6.45, 7) is 2.43. The number of hydrogen-bond acceptors (Lipinski definition) is 3. The van der Waals surface area contributed by atoms with Gasteiger partial charge in [-0.1, -0.05) is 11.6 Å². The summed E-state index contributed by atoms with van der Waals surface area (Å²) in [4.78, 5) is 12.3. The molecule has 1 saturated carbocycles. The number of benzene rings is 1. The predicted molar refractivity (Wildman–Crippen MR) is 81.6 cm³/mol. The first-order valence-corrected chi connectivity index (χ1v) is 7.57. The molecular formula is C16H18ClNO3. The molecule has 1 amide bonds. The molecule has 1 aliphatic rings. The maximum Gasteiger partial charge on any atom is 0.287 e. The van der Waals surface area contributed by atoms with Gasteiger partial charge in [-0.3, -0.25) is 4.79 Å². The minimum atomic E-state index is -0.220. The molecule has 112 valence electrons. The van der Waals surface area contributed by atoms with E-state index in [9.17, 15) is 9.90 Å². The number of halogens is 1. The minimum Gasteiger partial charge on any atom is -0.451 e. The third-order valence-electron chi connectivity index (χ3n) is 4.17. The van der Waals surface area contributed by atoms with Crippen molar-refractivity contribution in [3.8, 4) is 0 Å². The Bertz CT molecular complexity index is 679. The van der Waals surface area contributed by atoms with Crippen molar-refractivity contribution in [2.75, 3.05) is 6.54 Å². The lowest BCUT2D eigenvalue weighted by molar-refractivity contribution is 0.0918. The largest absolute Gasteiger partial charge is 0.451 e. The van der Waals surface area contributed by atoms with E-state index >= 15 is 0 Å². The van der Waals surface area contributed by atoms with Crippen LogP contribution < -0.4 is 5.32 Å². The molecule has 1 fully saturated rings. The zero-order valence-electron chi connectivity index (χ0n) is 11.9. The molecule has 3 rings (SSSR count). The Balaban J connectivity index is 1.74. The van der Waals surface area contributed by atoms with Crippen LogP contribution in [0.4, 0.5) is 0 Å². The summed E-state index contributed by atoms with van der Waals surface area (Å²) in [6.07, 6.45) is 2.32. The topological polar surface area (TPSA) is 62.5 Å². The van der Waals surface area contributed by atoms with Crippen molar-refractivity contribution >= 4 is 28.5 Å². The van der Waals surface area contributed by atoms with E-state index in [1.165, 1.54) is 0 Å². The normalized spacial score (nSPS) is 21.9. The van der Waals surface area contributed by atoms with E-state index < -0.39 is 0 Å². The van der Waals surface area contributed by atoms with Gasteiger partial charge < -0.3 is 14.8 Å². The van der Waals surface area contributed by atoms with E-state index in [0.29, 0.717) is 28.8 Å². The summed E-state index contributed by atoms with van der Waals surface area (Å²) < 4.78 is 5.63. The van der Waals surface area contributed by atoms with Gasteiger partial charge in [0.2, 0.25) is 0 Å². The second-order valence-corrected chi connectivity index (χ2v) is 6.18. The Morgan fingerprint density at radius 1 is 1.48 bits per heavy atom. The van der Waals surface area contributed by atoms with Gasteiger partial charge in [0.15, 0.2) is 5.76 Å². The number of hydrogen-bond donors (Lipinski definition) is 2. The number of aryl methyl sites for hydroxylation is 1. The molecule has 2 unspecified atom stereocenters. The van der Waals surface area contributed by atoms with Gasteiger partial charge in [-0.05, 0) is 50.3 Å². The van der Waals surface area contributed by atoms with Crippen LogP contribution in [-0.4, -0.2) is 23.7 Å². The molecule has 1 aliphatic carbocycles. The molecule has 1 aromatic carbocycles. The fourth-order valence-electron chi connectivity index (χ4n) is 2.96. The molecule has 2 atom stereocenters. The summed E-state index contributed by atoms with van der Waals surface area (Å²) in [5, 5.41) is 13.9. The number of aliphatic hydroxyl groups is 1. The summed E-state index contributed by atoms with van der Waals surface area (Å²) in [5.74, 6) is 0.482. The Hall–Kier alpha value is -1.52. The second kappa shape index (κ2) is 5.70. The quantitative estimate of drug-likeness (QED) is 0.914. The van der Waals surface area contributed by atoms with Gasteiger partial charge in [0.1, 0.15) is 5.58 Å². The van der Waals surface area contributed by atoms with Crippen molar-refractivity contribution in [1.29, 1.82) is 0 Å². The van der Waals surface area contributed by atoms with Crippen molar-refractivity contribution in [2.24, 2.45) is 5.92 Å². The van der Waals surface area contributed by atoms with Crippen LogP contribution in [0.3, 0.4) is 0 Å². The molecule has 21 heavy (non-hydrogen) atoms. The van der Waals surface area contributed by atoms with E-state index in [4.69, 9.17) is 16.0 Å². The van der Waals surface area contributed by atoms with E-state index in [-0.39, 0.29) is 12.0 Å². The number of rotatable bonds is 3. The number of fused-ring (bicyclic) bond motifs is 1. The minimum absolute atomic E-state index is 0.207. The van der Waals surface area contributed by atoms with Crippen LogP contribution in [-0.2, 0) is 0 Å². The Labute approximate surface area is 128 Å². The smallest absolute Gasteiger partial charge is 0.287 e. The molecule has 2 aromatic rings. The summed E-state index contributed by atoms with van der Waals surface area (Å²) in [5.41, 5.74) is 1.47. The van der Waals surface area contributed by atoms with E-state index in [0.717, 1.165) is 30.2 Å². The maximum atomic E-state index is 12.3. The lowest BCUT2D eigenvalue weighted by Crippen LogP contribution is -2.28. The molecule has 0 saturated heterocycles. The van der Waals surface area contributed by atoms with Gasteiger partial charge in [0.25, 0.3) is 5.91 Å². The molecule has 0 aliphatic heterocycles. The highest BCUT2D eigenvalue weighted by molar-refractivity contribution is 6.31. The molecule has 4 nitrogen and oxygen atoms in total. The second-order valence-electron chi connectivity index (χ2n) is 5.74. The number of nitrogens with one attached hydrogen (secondary N) is 1. The van der Waals surface area contributed by atoms with Crippen LogP contribution in [0, 0.1) is 12.8 Å². The molecule has 2 N–H and O–H groups in total. The van der Waals surface area contributed by atoms with Gasteiger partial charge >= 0.3 is 0 Å². The van der Waals surface area contributed by atoms with Crippen molar-refractivity contribution in [1.82, 2.24) is 5.32 Å². The van der Waals surface area contributed by atoms with Gasteiger partial charge in [-0.15, -0.1) is 0 Å². The third kappa shape index (κ3) is 2.92. The molecule has 0 bridgehead atoms. The summed E-state index contributed by atoms with van der Waals surface area (Å²) in [7, 11) is 0. The van der Waals surface area contributed by atoms with Crippen LogP contribution in [0.5, 0.6) is 0 Å². The molecule has 0 spiro atoms. The van der Waals surface area contributed by atoms with Crippen LogP contribution in [0.15, 0.2) is 22.6 Å². The lowest BCUT2D eigenvalue weighted by atomic mass is 10.1. The zero-order valence-corrected chi connectivity index (χ0v) is 12.6. The van der Waals surface area contributed by atoms with Crippen molar-refractivity contribution < 1.29 is 14.3 Å². The first kappa shape index (κ1) is 14.4. The number of carbonyl (C=O) groups is 1. The fourth-order valence-corrected chi connectivity index (χ4v) is 3.13. The highest BCUT2D eigenvalue weighted by Crippen LogP contribution is 2.28. The first-order chi connectivity index (χ1) is 10.0. The van der Waals surface area contributed by atoms with Crippen LogP contribution in [0.1, 0.15) is 35.4 Å². The molecule has 1 aromatic heterocycles. The summed E-state index contributed by atoms with van der Waals surface area (Å²) in [6, 6.07) is 5.32. The van der Waals surface area contributed by atoms with Crippen LogP contribution >= 0.6 is 11.6 Å². The Kier molecular flexibility index (Phi) is 3.91. The third-order valence-corrected chi connectivity index (χ3v) is 4.40. The average Bonchev–Trinajstić information content (AvgIpc) is 3.01. The fraction of sp³-hybridized carbons (Fsp3) is 0.438. The number of aliphatic hydroxyl groups excluding tert-OH is 1. The molecule has 5 heteroatoms. The highest BCUT2D eigenvalue weighted by atomic mass is 35.5. The maximum absolute atomic E-state index is 12.3. The molecular weight excluding hydrogens is 290 g/mol.